The second kappa shape index (κ2) is 20.5. The molecule has 0 radical (unpaired) electrons. The maximum atomic E-state index is 7.37. The van der Waals surface area contributed by atoms with Crippen LogP contribution < -0.4 is 9.80 Å². The predicted molar refractivity (Wildman–Crippen MR) is 351 cm³/mol. The van der Waals surface area contributed by atoms with Gasteiger partial charge in [-0.2, -0.15) is 0 Å². The monoisotopic (exact) mass is 1060 g/mol. The van der Waals surface area contributed by atoms with E-state index >= 15 is 0 Å². The maximum Gasteiger partial charge on any atom is 0.159 e. The lowest BCUT2D eigenvalue weighted by Crippen LogP contribution is -2.13. The van der Waals surface area contributed by atoms with Crippen molar-refractivity contribution in [3.05, 3.63) is 240 Å². The molecule has 2 aromatic heterocycles. The van der Waals surface area contributed by atoms with Gasteiger partial charge >= 0.3 is 0 Å². The van der Waals surface area contributed by atoms with Crippen LogP contribution in [0, 0.1) is 0 Å². The van der Waals surface area contributed by atoms with Gasteiger partial charge in [0.15, 0.2) is 11.2 Å². The molecule has 0 unspecified atom stereocenters. The van der Waals surface area contributed by atoms with Crippen LogP contribution in [0.5, 0.6) is 0 Å². The number of nitrogens with zero attached hydrogens (tertiary/aromatic N) is 2. The molecule has 0 aliphatic heterocycles. The lowest BCUT2D eigenvalue weighted by Gasteiger charge is -2.31. The van der Waals surface area contributed by atoms with E-state index in [1.807, 2.05) is 0 Å². The lowest BCUT2D eigenvalue weighted by atomic mass is 9.84. The minimum atomic E-state index is 0.215. The fourth-order valence-electron chi connectivity index (χ4n) is 13.6. The average molecular weight is 1070 g/mol. The van der Waals surface area contributed by atoms with Crippen LogP contribution in [-0.4, -0.2) is 0 Å². The summed E-state index contributed by atoms with van der Waals surface area (Å²) in [6.45, 7) is 18.4. The molecule has 2 heterocycles. The quantitative estimate of drug-likeness (QED) is 0.102. The Bertz CT molecular complexity index is 4480. The van der Waals surface area contributed by atoms with Crippen molar-refractivity contribution in [2.45, 2.75) is 92.9 Å². The molecule has 0 atom stereocenters. The standard InChI is InChI=1S/C78H68N2O2/c1-9-49-23-17-27-53(43-49)79(69-37-21-35-63-61-33-19-31-59(75(61)81-77(63)69)55-29-15-13-25-51(55)11-3)71-45-67(47(5)6)57-40-42-66-72(46-68(48(7)8)58-39-41-65(71)73(57)74(58)66)80(54-28-18-24-50(10-2)44-54)70-38-22-36-64-62-34-20-32-60(76(62)82-78(64)70)56-30-16-14-26-52(56)12-4/h13-48H,9-12H2,1-8H3. The van der Waals surface area contributed by atoms with Crippen molar-refractivity contribution in [2.75, 3.05) is 9.80 Å². The zero-order valence-electron chi connectivity index (χ0n) is 48.3. The van der Waals surface area contributed by atoms with Crippen LogP contribution in [0.2, 0.25) is 0 Å². The number of aryl methyl sites for hydroxylation is 4. The molecule has 0 fully saturated rings. The predicted octanol–water partition coefficient (Wildman–Crippen LogP) is 23.2. The molecule has 0 spiro atoms. The first-order valence-corrected chi connectivity index (χ1v) is 29.8. The van der Waals surface area contributed by atoms with E-state index in [4.69, 9.17) is 8.83 Å². The Morgan fingerprint density at radius 2 is 0.671 bits per heavy atom. The van der Waals surface area contributed by atoms with E-state index < -0.39 is 0 Å². The number of fused-ring (bicyclic) bond motifs is 6. The number of benzene rings is 12. The number of rotatable bonds is 14. The lowest BCUT2D eigenvalue weighted by molar-refractivity contribution is 0.669. The number of para-hydroxylation sites is 4. The fourth-order valence-corrected chi connectivity index (χ4v) is 13.6. The summed E-state index contributed by atoms with van der Waals surface area (Å²) in [5.74, 6) is 0.431. The van der Waals surface area contributed by atoms with Crippen molar-refractivity contribution in [3.63, 3.8) is 0 Å². The van der Waals surface area contributed by atoms with Gasteiger partial charge in [-0.05, 0) is 152 Å². The summed E-state index contributed by atoms with van der Waals surface area (Å²) in [6, 6.07) is 77.1. The molecule has 14 aromatic rings. The number of anilines is 6. The van der Waals surface area contributed by atoms with Gasteiger partial charge in [0, 0.05) is 54.8 Å². The second-order valence-corrected chi connectivity index (χ2v) is 23.0. The first-order valence-electron chi connectivity index (χ1n) is 29.8. The third-order valence-corrected chi connectivity index (χ3v) is 17.7. The van der Waals surface area contributed by atoms with Gasteiger partial charge in [0.2, 0.25) is 0 Å². The van der Waals surface area contributed by atoms with Crippen molar-refractivity contribution < 1.29 is 8.83 Å². The van der Waals surface area contributed by atoms with E-state index in [9.17, 15) is 0 Å². The van der Waals surface area contributed by atoms with E-state index in [1.54, 1.807) is 0 Å². The summed E-state index contributed by atoms with van der Waals surface area (Å²) >= 11 is 0. The molecular formula is C78H68N2O2. The van der Waals surface area contributed by atoms with Gasteiger partial charge in [-0.15, -0.1) is 0 Å². The number of furan rings is 2. The molecule has 0 bridgehead atoms. The summed E-state index contributed by atoms with van der Waals surface area (Å²) in [5, 5.41) is 11.9. The Labute approximate surface area is 481 Å². The van der Waals surface area contributed by atoms with Crippen LogP contribution in [-0.2, 0) is 25.7 Å². The summed E-state index contributed by atoms with van der Waals surface area (Å²) in [6.07, 6.45) is 3.70. The third kappa shape index (κ3) is 8.09. The molecule has 402 valence electrons. The van der Waals surface area contributed by atoms with Gasteiger partial charge in [-0.1, -0.05) is 213 Å². The minimum Gasteiger partial charge on any atom is -0.453 e. The van der Waals surface area contributed by atoms with Crippen molar-refractivity contribution in [1.82, 2.24) is 0 Å². The summed E-state index contributed by atoms with van der Waals surface area (Å²) in [7, 11) is 0. The number of hydrogen-bond acceptors (Lipinski definition) is 4. The van der Waals surface area contributed by atoms with E-state index in [0.29, 0.717) is 0 Å². The van der Waals surface area contributed by atoms with Crippen molar-refractivity contribution in [2.24, 2.45) is 0 Å². The zero-order valence-corrected chi connectivity index (χ0v) is 48.3. The first kappa shape index (κ1) is 51.1. The largest absolute Gasteiger partial charge is 0.453 e. The smallest absolute Gasteiger partial charge is 0.159 e. The number of hydrogen-bond donors (Lipinski definition) is 0. The molecule has 4 nitrogen and oxygen atoms in total. The normalized spacial score (nSPS) is 12.1. The molecule has 0 aliphatic carbocycles. The van der Waals surface area contributed by atoms with Gasteiger partial charge in [0.25, 0.3) is 0 Å². The van der Waals surface area contributed by atoms with Crippen LogP contribution in [0.3, 0.4) is 0 Å². The summed E-state index contributed by atoms with van der Waals surface area (Å²) in [5.41, 5.74) is 22.5. The molecule has 0 N–H and O–H groups in total. The van der Waals surface area contributed by atoms with Gasteiger partial charge in [0.05, 0.1) is 22.7 Å². The van der Waals surface area contributed by atoms with Gasteiger partial charge in [-0.25, -0.2) is 0 Å². The summed E-state index contributed by atoms with van der Waals surface area (Å²) in [4.78, 5) is 5.01. The third-order valence-electron chi connectivity index (χ3n) is 17.7. The molecule has 0 saturated carbocycles. The van der Waals surface area contributed by atoms with E-state index in [-0.39, 0.29) is 11.8 Å². The fraction of sp³-hybridized carbons (Fsp3) is 0.179. The summed E-state index contributed by atoms with van der Waals surface area (Å²) < 4.78 is 14.7. The first-order chi connectivity index (χ1) is 40.2. The van der Waals surface area contributed by atoms with E-state index in [0.717, 1.165) is 115 Å². The molecule has 12 aromatic carbocycles. The van der Waals surface area contributed by atoms with Gasteiger partial charge in [-0.3, -0.25) is 0 Å². The van der Waals surface area contributed by atoms with E-state index in [2.05, 4.69) is 271 Å². The molecule has 0 amide bonds. The highest BCUT2D eigenvalue weighted by Crippen LogP contribution is 2.54. The average Bonchev–Trinajstić information content (AvgIpc) is 1.69. The molecule has 82 heavy (non-hydrogen) atoms. The molecule has 4 heteroatoms. The Morgan fingerprint density at radius 3 is 1.07 bits per heavy atom. The van der Waals surface area contributed by atoms with Crippen molar-refractivity contribution >= 4 is 110 Å². The highest BCUT2D eigenvalue weighted by Gasteiger charge is 2.30. The zero-order chi connectivity index (χ0) is 55.9. The maximum absolute atomic E-state index is 7.37. The van der Waals surface area contributed by atoms with Gasteiger partial charge in [0.1, 0.15) is 11.2 Å². The Balaban J connectivity index is 1.07. The van der Waals surface area contributed by atoms with Crippen molar-refractivity contribution in [3.8, 4) is 22.3 Å². The SMILES string of the molecule is CCc1cccc(N(c2cc(C(C)C)c3ccc4c(N(c5cccc(CC)c5)c5cccc6c5oc5c(-c7ccccc7CC)cccc56)cc(C(C)C)c5ccc2c3c54)c2cccc3c2oc2c(-c4ccccc4CC)cccc23)c1. The molecular weight excluding hydrogens is 997 g/mol. The van der Waals surface area contributed by atoms with Gasteiger partial charge < -0.3 is 18.6 Å². The minimum absolute atomic E-state index is 0.215. The molecule has 0 saturated heterocycles. The highest BCUT2D eigenvalue weighted by molar-refractivity contribution is 6.30. The Kier molecular flexibility index (Phi) is 12.7. The topological polar surface area (TPSA) is 32.8 Å². The van der Waals surface area contributed by atoms with Crippen LogP contribution in [0.25, 0.3) is 98.4 Å². The van der Waals surface area contributed by atoms with Crippen LogP contribution in [0.15, 0.2) is 215 Å². The Morgan fingerprint density at radius 1 is 0.305 bits per heavy atom. The van der Waals surface area contributed by atoms with Crippen LogP contribution in [0.1, 0.15) is 101 Å². The molecule has 0 aliphatic rings. The van der Waals surface area contributed by atoms with Crippen molar-refractivity contribution in [1.29, 1.82) is 0 Å². The Hall–Kier alpha value is -9.12. The second-order valence-electron chi connectivity index (χ2n) is 23.0. The van der Waals surface area contributed by atoms with Crippen LogP contribution >= 0.6 is 0 Å². The highest BCUT2D eigenvalue weighted by atomic mass is 16.3. The van der Waals surface area contributed by atoms with E-state index in [1.165, 1.54) is 76.8 Å². The van der Waals surface area contributed by atoms with Crippen LogP contribution in [0.4, 0.5) is 34.1 Å². The molecule has 14 rings (SSSR count).